The van der Waals surface area contributed by atoms with Gasteiger partial charge in [-0.3, -0.25) is 4.90 Å². The summed E-state index contributed by atoms with van der Waals surface area (Å²) in [5.74, 6) is 1.45. The molecule has 1 saturated heterocycles. The van der Waals surface area contributed by atoms with Crippen molar-refractivity contribution < 1.29 is 18.8 Å². The van der Waals surface area contributed by atoms with E-state index in [9.17, 15) is 4.79 Å². The van der Waals surface area contributed by atoms with E-state index in [0.29, 0.717) is 28.0 Å². The molecule has 2 aromatic heterocycles. The second-order valence-electron chi connectivity index (χ2n) is 7.46. The lowest BCUT2D eigenvalue weighted by molar-refractivity contribution is 0.117. The van der Waals surface area contributed by atoms with Crippen LogP contribution in [0.15, 0.2) is 59.3 Å². The number of methoxy groups -OCH3 is 1. The van der Waals surface area contributed by atoms with Crippen LogP contribution in [0.25, 0.3) is 11.6 Å². The minimum Gasteiger partial charge on any atom is -0.497 e. The smallest absolute Gasteiger partial charge is 0.415 e. The standard InChI is InChI=1S/C22H19ClN6O4/c1-13-24-21(33-26-13)18-11-28(27-25-18)12-19-20(14-4-3-5-17(10-14)31-2)29(22(30)32-19)16-8-6-15(23)7-9-16/h3-11,19-20H,12H2,1-2H3/t19-,20-/m0/s1. The average molecular weight is 467 g/mol. The van der Waals surface area contributed by atoms with E-state index >= 15 is 0 Å². The molecule has 2 atom stereocenters. The van der Waals surface area contributed by atoms with E-state index in [1.165, 1.54) is 0 Å². The molecule has 0 aliphatic carbocycles. The third-order valence-corrected chi connectivity index (χ3v) is 5.52. The maximum absolute atomic E-state index is 13.0. The van der Waals surface area contributed by atoms with Gasteiger partial charge in [0.2, 0.25) is 0 Å². The van der Waals surface area contributed by atoms with Gasteiger partial charge in [-0.25, -0.2) is 9.48 Å². The van der Waals surface area contributed by atoms with Crippen LogP contribution in [-0.2, 0) is 11.3 Å². The summed E-state index contributed by atoms with van der Waals surface area (Å²) in [5, 5.41) is 12.6. The maximum atomic E-state index is 13.0. The molecule has 5 rings (SSSR count). The molecule has 1 amide bonds. The highest BCUT2D eigenvalue weighted by Gasteiger charge is 2.44. The van der Waals surface area contributed by atoms with Gasteiger partial charge in [0.05, 0.1) is 19.9 Å². The molecule has 33 heavy (non-hydrogen) atoms. The van der Waals surface area contributed by atoms with Crippen LogP contribution in [0.5, 0.6) is 5.75 Å². The third kappa shape index (κ3) is 4.12. The molecule has 0 radical (unpaired) electrons. The maximum Gasteiger partial charge on any atom is 0.415 e. The molecule has 0 N–H and O–H groups in total. The SMILES string of the molecule is COc1cccc([C@H]2[C@H](Cn3cc(-c4nc(C)no4)nn3)OC(=O)N2c2ccc(Cl)cc2)c1. The fourth-order valence-corrected chi connectivity index (χ4v) is 3.92. The van der Waals surface area contributed by atoms with Crippen molar-refractivity contribution in [3.63, 3.8) is 0 Å². The van der Waals surface area contributed by atoms with Crippen LogP contribution in [0.4, 0.5) is 10.5 Å². The number of amides is 1. The Morgan fingerprint density at radius 2 is 2.00 bits per heavy atom. The zero-order valence-electron chi connectivity index (χ0n) is 17.8. The van der Waals surface area contributed by atoms with Crippen LogP contribution in [0.2, 0.25) is 5.02 Å². The number of carbonyl (C=O) groups excluding carboxylic acids is 1. The Morgan fingerprint density at radius 1 is 1.18 bits per heavy atom. The molecule has 1 aliphatic rings. The van der Waals surface area contributed by atoms with Crippen molar-refractivity contribution in [1.29, 1.82) is 0 Å². The lowest BCUT2D eigenvalue weighted by Crippen LogP contribution is -2.31. The Balaban J connectivity index is 1.49. The highest BCUT2D eigenvalue weighted by Crippen LogP contribution is 2.39. The van der Waals surface area contributed by atoms with E-state index in [0.717, 1.165) is 5.56 Å². The molecule has 11 heteroatoms. The van der Waals surface area contributed by atoms with Crippen LogP contribution in [0.1, 0.15) is 17.4 Å². The Bertz CT molecular complexity index is 1290. The Morgan fingerprint density at radius 3 is 2.73 bits per heavy atom. The van der Waals surface area contributed by atoms with Crippen molar-refractivity contribution >= 4 is 23.4 Å². The van der Waals surface area contributed by atoms with Gasteiger partial charge >= 0.3 is 6.09 Å². The number of aryl methyl sites for hydroxylation is 1. The molecule has 168 valence electrons. The molecular weight excluding hydrogens is 448 g/mol. The van der Waals surface area contributed by atoms with Crippen LogP contribution >= 0.6 is 11.6 Å². The van der Waals surface area contributed by atoms with E-state index in [1.807, 2.05) is 24.3 Å². The normalized spacial score (nSPS) is 17.9. The van der Waals surface area contributed by atoms with Crippen molar-refractivity contribution in [3.05, 3.63) is 71.1 Å². The number of hydrogen-bond donors (Lipinski definition) is 0. The number of rotatable bonds is 6. The van der Waals surface area contributed by atoms with Crippen molar-refractivity contribution in [2.45, 2.75) is 25.6 Å². The summed E-state index contributed by atoms with van der Waals surface area (Å²) in [6, 6.07) is 14.1. The van der Waals surface area contributed by atoms with E-state index in [2.05, 4.69) is 20.5 Å². The quantitative estimate of drug-likeness (QED) is 0.418. The van der Waals surface area contributed by atoms with Crippen molar-refractivity contribution in [1.82, 2.24) is 25.1 Å². The van der Waals surface area contributed by atoms with Crippen LogP contribution in [-0.4, -0.2) is 44.4 Å². The molecule has 2 aromatic carbocycles. The summed E-state index contributed by atoms with van der Waals surface area (Å²) in [7, 11) is 1.60. The number of benzene rings is 2. The number of anilines is 1. The zero-order valence-corrected chi connectivity index (χ0v) is 18.5. The molecule has 10 nitrogen and oxygen atoms in total. The first-order valence-corrected chi connectivity index (χ1v) is 10.5. The number of cyclic esters (lactones) is 1. The Labute approximate surface area is 193 Å². The Hall–Kier alpha value is -3.92. The molecule has 1 fully saturated rings. The van der Waals surface area contributed by atoms with Gasteiger partial charge in [0.1, 0.15) is 17.9 Å². The largest absolute Gasteiger partial charge is 0.497 e. The first kappa shape index (κ1) is 21.0. The number of nitrogens with zero attached hydrogens (tertiary/aromatic N) is 6. The summed E-state index contributed by atoms with van der Waals surface area (Å²) in [4.78, 5) is 18.8. The van der Waals surface area contributed by atoms with Gasteiger partial charge < -0.3 is 14.0 Å². The second-order valence-corrected chi connectivity index (χ2v) is 7.90. The monoisotopic (exact) mass is 466 g/mol. The first-order chi connectivity index (χ1) is 16.0. The van der Waals surface area contributed by atoms with Gasteiger partial charge in [-0.15, -0.1) is 5.10 Å². The van der Waals surface area contributed by atoms with Gasteiger partial charge in [-0.2, -0.15) is 4.98 Å². The lowest BCUT2D eigenvalue weighted by atomic mass is 9.99. The molecular formula is C22H19ClN6O4. The number of carbonyl (C=O) groups is 1. The van der Waals surface area contributed by atoms with Gasteiger partial charge in [0.25, 0.3) is 5.89 Å². The van der Waals surface area contributed by atoms with Crippen molar-refractivity contribution in [2.24, 2.45) is 0 Å². The van der Waals surface area contributed by atoms with Gasteiger partial charge in [-0.05, 0) is 48.9 Å². The van der Waals surface area contributed by atoms with Gasteiger partial charge in [0.15, 0.2) is 11.5 Å². The van der Waals surface area contributed by atoms with E-state index in [4.69, 9.17) is 25.6 Å². The summed E-state index contributed by atoms with van der Waals surface area (Å²) >= 11 is 6.05. The van der Waals surface area contributed by atoms with Gasteiger partial charge in [0, 0.05) is 10.7 Å². The first-order valence-electron chi connectivity index (χ1n) is 10.1. The molecule has 0 spiro atoms. The van der Waals surface area contributed by atoms with Gasteiger partial charge in [-0.1, -0.05) is 34.1 Å². The fourth-order valence-electron chi connectivity index (χ4n) is 3.80. The van der Waals surface area contributed by atoms with E-state index in [1.54, 1.807) is 54.1 Å². The lowest BCUT2D eigenvalue weighted by Gasteiger charge is -2.25. The number of hydrogen-bond acceptors (Lipinski definition) is 8. The number of halogens is 1. The summed E-state index contributed by atoms with van der Waals surface area (Å²) in [5.41, 5.74) is 1.96. The summed E-state index contributed by atoms with van der Waals surface area (Å²) in [6.07, 6.45) is 0.649. The van der Waals surface area contributed by atoms with Crippen LogP contribution in [0.3, 0.4) is 0 Å². The third-order valence-electron chi connectivity index (χ3n) is 5.27. The summed E-state index contributed by atoms with van der Waals surface area (Å²) < 4.78 is 17.9. The van der Waals surface area contributed by atoms with Crippen molar-refractivity contribution in [3.8, 4) is 17.3 Å². The molecule has 0 saturated carbocycles. The topological polar surface area (TPSA) is 108 Å². The van der Waals surface area contributed by atoms with Crippen LogP contribution in [0, 0.1) is 6.92 Å². The molecule has 0 unspecified atom stereocenters. The number of aromatic nitrogens is 5. The fraction of sp³-hybridized carbons (Fsp3) is 0.227. The highest BCUT2D eigenvalue weighted by molar-refractivity contribution is 6.30. The zero-order chi connectivity index (χ0) is 22.9. The minimum absolute atomic E-state index is 0.262. The molecule has 1 aliphatic heterocycles. The predicted molar refractivity (Wildman–Crippen MR) is 118 cm³/mol. The molecule has 4 aromatic rings. The second kappa shape index (κ2) is 8.55. The Kier molecular flexibility index (Phi) is 5.43. The highest BCUT2D eigenvalue weighted by atomic mass is 35.5. The van der Waals surface area contributed by atoms with Crippen LogP contribution < -0.4 is 9.64 Å². The minimum atomic E-state index is -0.556. The average Bonchev–Trinajstić information content (AvgIpc) is 3.53. The molecule has 0 bridgehead atoms. The molecule has 3 heterocycles. The predicted octanol–water partition coefficient (Wildman–Crippen LogP) is 4.07. The van der Waals surface area contributed by atoms with Crippen molar-refractivity contribution in [2.75, 3.05) is 12.0 Å². The summed E-state index contributed by atoms with van der Waals surface area (Å²) in [6.45, 7) is 1.98. The number of ether oxygens (including phenoxy) is 2. The van der Waals surface area contributed by atoms with E-state index < -0.39 is 18.2 Å². The van der Waals surface area contributed by atoms with E-state index in [-0.39, 0.29) is 12.4 Å².